The molecule has 3 nitrogen and oxygen atoms in total. The molecule has 2 aromatic carbocycles. The summed E-state index contributed by atoms with van der Waals surface area (Å²) in [5.41, 5.74) is 2.37. The molecule has 2 aromatic rings. The summed E-state index contributed by atoms with van der Waals surface area (Å²) in [6.07, 6.45) is 4.21. The summed E-state index contributed by atoms with van der Waals surface area (Å²) < 4.78 is 18.5. The van der Waals surface area contributed by atoms with Crippen LogP contribution in [-0.2, 0) is 11.4 Å². The van der Waals surface area contributed by atoms with Gasteiger partial charge in [0.25, 0.3) is 0 Å². The van der Waals surface area contributed by atoms with Crippen molar-refractivity contribution < 1.29 is 19.0 Å². The van der Waals surface area contributed by atoms with Gasteiger partial charge in [0, 0.05) is 6.08 Å². The molecule has 0 saturated heterocycles. The van der Waals surface area contributed by atoms with Gasteiger partial charge in [-0.3, -0.25) is 0 Å². The first-order chi connectivity index (χ1) is 10.6. The van der Waals surface area contributed by atoms with E-state index in [4.69, 9.17) is 9.84 Å². The molecule has 0 aliphatic rings. The SMILES string of the molecule is C=Cc1cc(OCc2ccc(F)cc2)ccc1C=CC(=O)O. The van der Waals surface area contributed by atoms with Gasteiger partial charge in [-0.15, -0.1) is 0 Å². The number of aliphatic carboxylic acids is 1. The van der Waals surface area contributed by atoms with Crippen molar-refractivity contribution in [3.8, 4) is 5.75 Å². The summed E-state index contributed by atoms with van der Waals surface area (Å²) in [7, 11) is 0. The molecule has 112 valence electrons. The molecule has 0 saturated carbocycles. The number of carboxylic acids is 1. The Balaban J connectivity index is 2.10. The van der Waals surface area contributed by atoms with E-state index in [9.17, 15) is 9.18 Å². The van der Waals surface area contributed by atoms with Gasteiger partial charge in [-0.2, -0.15) is 0 Å². The number of hydrogen-bond acceptors (Lipinski definition) is 2. The topological polar surface area (TPSA) is 46.5 Å². The van der Waals surface area contributed by atoms with E-state index in [2.05, 4.69) is 6.58 Å². The van der Waals surface area contributed by atoms with Gasteiger partial charge in [-0.25, -0.2) is 9.18 Å². The molecule has 0 aliphatic heterocycles. The Kier molecular flexibility index (Phi) is 5.09. The fourth-order valence-corrected chi connectivity index (χ4v) is 1.88. The van der Waals surface area contributed by atoms with Crippen LogP contribution in [0.5, 0.6) is 5.75 Å². The molecule has 2 rings (SSSR count). The Morgan fingerprint density at radius 1 is 1.18 bits per heavy atom. The highest BCUT2D eigenvalue weighted by molar-refractivity contribution is 5.86. The van der Waals surface area contributed by atoms with Gasteiger partial charge in [-0.1, -0.05) is 30.9 Å². The maximum Gasteiger partial charge on any atom is 0.328 e. The molecule has 0 heterocycles. The Morgan fingerprint density at radius 2 is 1.91 bits per heavy atom. The van der Waals surface area contributed by atoms with Gasteiger partial charge in [0.05, 0.1) is 0 Å². The third kappa shape index (κ3) is 4.31. The third-order valence-corrected chi connectivity index (χ3v) is 3.00. The molecular weight excluding hydrogens is 283 g/mol. The summed E-state index contributed by atoms with van der Waals surface area (Å²) in [4.78, 5) is 10.6. The molecular formula is C18H15FO3. The standard InChI is InChI=1S/C18H15FO3/c1-2-14-11-17(9-5-15(14)6-10-18(20)21)22-12-13-3-7-16(19)8-4-13/h2-11H,1,12H2,(H,20,21). The molecule has 0 aromatic heterocycles. The Hall–Kier alpha value is -2.88. The molecule has 0 spiro atoms. The fourth-order valence-electron chi connectivity index (χ4n) is 1.88. The van der Waals surface area contributed by atoms with Crippen LogP contribution >= 0.6 is 0 Å². The summed E-state index contributed by atoms with van der Waals surface area (Å²) >= 11 is 0. The number of carbonyl (C=O) groups is 1. The van der Waals surface area contributed by atoms with Crippen molar-refractivity contribution in [3.63, 3.8) is 0 Å². The number of benzene rings is 2. The molecule has 0 bridgehead atoms. The van der Waals surface area contributed by atoms with Gasteiger partial charge in [0.15, 0.2) is 0 Å². The quantitative estimate of drug-likeness (QED) is 0.815. The van der Waals surface area contributed by atoms with E-state index in [1.54, 1.807) is 36.4 Å². The van der Waals surface area contributed by atoms with Crippen molar-refractivity contribution in [1.29, 1.82) is 0 Å². The first-order valence-electron chi connectivity index (χ1n) is 6.63. The van der Waals surface area contributed by atoms with Crippen LogP contribution in [-0.4, -0.2) is 11.1 Å². The van der Waals surface area contributed by atoms with E-state index in [0.29, 0.717) is 12.4 Å². The molecule has 4 heteroatoms. The maximum absolute atomic E-state index is 12.8. The highest BCUT2D eigenvalue weighted by Crippen LogP contribution is 2.21. The highest BCUT2D eigenvalue weighted by atomic mass is 19.1. The largest absolute Gasteiger partial charge is 0.489 e. The van der Waals surface area contributed by atoms with Crippen LogP contribution in [0.4, 0.5) is 4.39 Å². The number of carboxylic acid groups (broad SMARTS) is 1. The normalized spacial score (nSPS) is 10.6. The lowest BCUT2D eigenvalue weighted by molar-refractivity contribution is -0.131. The Bertz CT molecular complexity index is 703. The second-order valence-corrected chi connectivity index (χ2v) is 4.58. The van der Waals surface area contributed by atoms with Crippen LogP contribution in [0.2, 0.25) is 0 Å². The highest BCUT2D eigenvalue weighted by Gasteiger charge is 2.02. The Labute approximate surface area is 128 Å². The lowest BCUT2D eigenvalue weighted by atomic mass is 10.1. The van der Waals surface area contributed by atoms with E-state index >= 15 is 0 Å². The molecule has 0 fully saturated rings. The second-order valence-electron chi connectivity index (χ2n) is 4.58. The molecule has 1 N–H and O–H groups in total. The van der Waals surface area contributed by atoms with Crippen LogP contribution in [0, 0.1) is 5.82 Å². The fraction of sp³-hybridized carbons (Fsp3) is 0.0556. The summed E-state index contributed by atoms with van der Waals surface area (Å²) in [6.45, 7) is 4.03. The Morgan fingerprint density at radius 3 is 2.55 bits per heavy atom. The average Bonchev–Trinajstić information content (AvgIpc) is 2.52. The number of ether oxygens (including phenoxy) is 1. The molecule has 0 radical (unpaired) electrons. The molecule has 0 amide bonds. The van der Waals surface area contributed by atoms with Gasteiger partial charge in [0.2, 0.25) is 0 Å². The number of hydrogen-bond donors (Lipinski definition) is 1. The first-order valence-corrected chi connectivity index (χ1v) is 6.63. The predicted octanol–water partition coefficient (Wildman–Crippen LogP) is 4.15. The van der Waals surface area contributed by atoms with Crippen molar-refractivity contribution in [2.45, 2.75) is 6.61 Å². The third-order valence-electron chi connectivity index (χ3n) is 3.00. The molecule has 22 heavy (non-hydrogen) atoms. The lowest BCUT2D eigenvalue weighted by Gasteiger charge is -2.09. The van der Waals surface area contributed by atoms with Crippen LogP contribution in [0.15, 0.2) is 55.1 Å². The smallest absolute Gasteiger partial charge is 0.328 e. The van der Waals surface area contributed by atoms with Crippen LogP contribution in [0.3, 0.4) is 0 Å². The zero-order valence-electron chi connectivity index (χ0n) is 11.8. The second kappa shape index (κ2) is 7.22. The van der Waals surface area contributed by atoms with E-state index < -0.39 is 5.97 Å². The monoisotopic (exact) mass is 298 g/mol. The minimum absolute atomic E-state index is 0.285. The summed E-state index contributed by atoms with van der Waals surface area (Å²) in [5.74, 6) is -0.661. The van der Waals surface area contributed by atoms with Gasteiger partial charge in [0.1, 0.15) is 18.2 Å². The first kappa shape index (κ1) is 15.5. The zero-order valence-corrected chi connectivity index (χ0v) is 11.8. The van der Waals surface area contributed by atoms with Crippen LogP contribution in [0.25, 0.3) is 12.2 Å². The van der Waals surface area contributed by atoms with Crippen molar-refractivity contribution in [2.75, 3.05) is 0 Å². The van der Waals surface area contributed by atoms with Crippen LogP contribution in [0.1, 0.15) is 16.7 Å². The molecule has 0 aliphatic carbocycles. The van der Waals surface area contributed by atoms with E-state index in [-0.39, 0.29) is 5.82 Å². The predicted molar refractivity (Wildman–Crippen MR) is 83.9 cm³/mol. The van der Waals surface area contributed by atoms with Gasteiger partial charge in [-0.05, 0) is 47.0 Å². The van der Waals surface area contributed by atoms with Crippen LogP contribution < -0.4 is 4.74 Å². The molecule has 0 unspecified atom stereocenters. The number of rotatable bonds is 6. The van der Waals surface area contributed by atoms with E-state index in [1.165, 1.54) is 18.2 Å². The van der Waals surface area contributed by atoms with Crippen molar-refractivity contribution >= 4 is 18.1 Å². The summed E-state index contributed by atoms with van der Waals surface area (Å²) in [6, 6.07) is 11.4. The number of halogens is 1. The van der Waals surface area contributed by atoms with E-state index in [1.807, 2.05) is 0 Å². The average molecular weight is 298 g/mol. The summed E-state index contributed by atoms with van der Waals surface area (Å²) in [5, 5.41) is 8.66. The van der Waals surface area contributed by atoms with Crippen molar-refractivity contribution in [3.05, 3.63) is 77.6 Å². The van der Waals surface area contributed by atoms with Gasteiger partial charge >= 0.3 is 5.97 Å². The van der Waals surface area contributed by atoms with E-state index in [0.717, 1.165) is 22.8 Å². The minimum atomic E-state index is -1.01. The maximum atomic E-state index is 12.8. The van der Waals surface area contributed by atoms with Gasteiger partial charge < -0.3 is 9.84 Å². The molecule has 0 atom stereocenters. The zero-order chi connectivity index (χ0) is 15.9. The van der Waals surface area contributed by atoms with Crippen molar-refractivity contribution in [2.24, 2.45) is 0 Å². The lowest BCUT2D eigenvalue weighted by Crippen LogP contribution is -1.96. The van der Waals surface area contributed by atoms with Crippen molar-refractivity contribution in [1.82, 2.24) is 0 Å². The minimum Gasteiger partial charge on any atom is -0.489 e.